The number of nitrogens with two attached hydrogens (primary N) is 1. The van der Waals surface area contributed by atoms with E-state index in [4.69, 9.17) is 15.0 Å². The topological polar surface area (TPSA) is 61.3 Å². The van der Waals surface area contributed by atoms with Crippen LogP contribution >= 0.6 is 0 Å². The number of anilines is 1. The molecule has 1 aromatic carbocycles. The lowest BCUT2D eigenvalue weighted by Gasteiger charge is -2.09. The fraction of sp³-hybridized carbons (Fsp3) is 0.308. The van der Waals surface area contributed by atoms with Gasteiger partial charge in [0.25, 0.3) is 0 Å². The van der Waals surface area contributed by atoms with Crippen LogP contribution in [-0.2, 0) is 4.74 Å². The summed E-state index contributed by atoms with van der Waals surface area (Å²) >= 11 is 0. The molecule has 0 spiro atoms. The van der Waals surface area contributed by atoms with Gasteiger partial charge < -0.3 is 15.0 Å². The molecule has 1 saturated heterocycles. The number of aromatic nitrogens is 1. The van der Waals surface area contributed by atoms with Crippen LogP contribution in [0.1, 0.15) is 24.5 Å². The molecule has 1 unspecified atom stereocenters. The lowest BCUT2D eigenvalue weighted by molar-refractivity contribution is 0.112. The minimum Gasteiger partial charge on any atom is -0.381 e. The first-order valence-corrected chi connectivity index (χ1v) is 5.77. The molecule has 0 aliphatic carbocycles. The van der Waals surface area contributed by atoms with Crippen molar-refractivity contribution in [3.05, 3.63) is 35.9 Å². The third-order valence-corrected chi connectivity index (χ3v) is 3.03. The molecule has 2 N–H and O–H groups in total. The monoisotopic (exact) mass is 230 g/mol. The third kappa shape index (κ3) is 2.03. The van der Waals surface area contributed by atoms with Crippen LogP contribution in [0.5, 0.6) is 0 Å². The van der Waals surface area contributed by atoms with Crippen molar-refractivity contribution < 1.29 is 9.26 Å². The number of rotatable bonds is 2. The highest BCUT2D eigenvalue weighted by atomic mass is 16.5. The Bertz CT molecular complexity index is 498. The Kier molecular flexibility index (Phi) is 2.57. The molecule has 4 heteroatoms. The molecule has 0 saturated carbocycles. The molecule has 0 bridgehead atoms. The summed E-state index contributed by atoms with van der Waals surface area (Å²) in [5.74, 6) is 1.10. The van der Waals surface area contributed by atoms with Gasteiger partial charge in [0.2, 0.25) is 0 Å². The normalized spacial score (nSPS) is 19.6. The molecular formula is C13H14N2O2. The second-order valence-electron chi connectivity index (χ2n) is 4.24. The van der Waals surface area contributed by atoms with Gasteiger partial charge in [-0.2, -0.15) is 0 Å². The number of nitrogens with zero attached hydrogens (tertiary/aromatic N) is 1. The van der Waals surface area contributed by atoms with Crippen molar-refractivity contribution in [2.24, 2.45) is 0 Å². The van der Waals surface area contributed by atoms with Gasteiger partial charge in [0, 0.05) is 18.2 Å². The Morgan fingerprint density at radius 1 is 1.24 bits per heavy atom. The van der Waals surface area contributed by atoms with E-state index in [1.807, 2.05) is 12.1 Å². The number of nitrogen functional groups attached to an aromatic ring is 1. The highest BCUT2D eigenvalue weighted by Crippen LogP contribution is 2.30. The molecule has 88 valence electrons. The first kappa shape index (κ1) is 10.4. The summed E-state index contributed by atoms with van der Waals surface area (Å²) in [4.78, 5) is 0. The molecule has 4 nitrogen and oxygen atoms in total. The summed E-state index contributed by atoms with van der Waals surface area (Å²) in [5, 5.41) is 3.67. The average molecular weight is 230 g/mol. The fourth-order valence-corrected chi connectivity index (χ4v) is 2.13. The molecule has 1 atom stereocenters. The van der Waals surface area contributed by atoms with Gasteiger partial charge in [-0.25, -0.2) is 0 Å². The minimum atomic E-state index is 0.254. The summed E-state index contributed by atoms with van der Waals surface area (Å²) in [6.45, 7) is 0.866. The van der Waals surface area contributed by atoms with Crippen molar-refractivity contribution in [2.75, 3.05) is 12.3 Å². The molecule has 2 heterocycles. The predicted octanol–water partition coefficient (Wildman–Crippen LogP) is 2.78. The summed E-state index contributed by atoms with van der Waals surface area (Å²) in [6, 6.07) is 9.89. The third-order valence-electron chi connectivity index (χ3n) is 3.03. The summed E-state index contributed by atoms with van der Waals surface area (Å²) in [5.41, 5.74) is 7.72. The Balaban J connectivity index is 1.84. The van der Waals surface area contributed by atoms with E-state index in [2.05, 4.69) is 17.3 Å². The van der Waals surface area contributed by atoms with Gasteiger partial charge in [-0.05, 0) is 18.4 Å². The number of hydrogen-bond acceptors (Lipinski definition) is 4. The van der Waals surface area contributed by atoms with E-state index in [1.54, 1.807) is 6.07 Å². The van der Waals surface area contributed by atoms with Crippen LogP contribution < -0.4 is 5.73 Å². The second-order valence-corrected chi connectivity index (χ2v) is 4.24. The van der Waals surface area contributed by atoms with Gasteiger partial charge in [-0.15, -0.1) is 0 Å². The number of ether oxygens (including phenoxy) is 1. The SMILES string of the molecule is Nc1cc(-c2ccc(C3CCCO3)cc2)on1. The van der Waals surface area contributed by atoms with Crippen molar-refractivity contribution in [3.8, 4) is 11.3 Å². The van der Waals surface area contributed by atoms with E-state index in [0.717, 1.165) is 25.0 Å². The van der Waals surface area contributed by atoms with Gasteiger partial charge in [0.15, 0.2) is 11.6 Å². The molecule has 1 aliphatic rings. The lowest BCUT2D eigenvalue weighted by atomic mass is 10.0. The highest BCUT2D eigenvalue weighted by molar-refractivity contribution is 5.60. The van der Waals surface area contributed by atoms with Gasteiger partial charge >= 0.3 is 0 Å². The van der Waals surface area contributed by atoms with Crippen LogP contribution in [0.15, 0.2) is 34.9 Å². The summed E-state index contributed by atoms with van der Waals surface area (Å²) < 4.78 is 10.7. The Morgan fingerprint density at radius 3 is 2.65 bits per heavy atom. The molecule has 1 fully saturated rings. The maximum Gasteiger partial charge on any atom is 0.169 e. The fourth-order valence-electron chi connectivity index (χ4n) is 2.13. The zero-order valence-electron chi connectivity index (χ0n) is 9.43. The predicted molar refractivity (Wildman–Crippen MR) is 64.3 cm³/mol. The largest absolute Gasteiger partial charge is 0.381 e. The van der Waals surface area contributed by atoms with Crippen molar-refractivity contribution in [2.45, 2.75) is 18.9 Å². The van der Waals surface area contributed by atoms with Crippen LogP contribution in [0.2, 0.25) is 0 Å². The smallest absolute Gasteiger partial charge is 0.169 e. The van der Waals surface area contributed by atoms with Crippen molar-refractivity contribution in [3.63, 3.8) is 0 Å². The molecule has 1 aliphatic heterocycles. The molecule has 2 aromatic rings. The van der Waals surface area contributed by atoms with Crippen LogP contribution in [0.4, 0.5) is 5.82 Å². The molecule has 0 radical (unpaired) electrons. The highest BCUT2D eigenvalue weighted by Gasteiger charge is 2.17. The number of benzene rings is 1. The van der Waals surface area contributed by atoms with Crippen molar-refractivity contribution in [1.29, 1.82) is 0 Å². The van der Waals surface area contributed by atoms with Crippen molar-refractivity contribution >= 4 is 5.82 Å². The minimum absolute atomic E-state index is 0.254. The van der Waals surface area contributed by atoms with E-state index >= 15 is 0 Å². The van der Waals surface area contributed by atoms with Gasteiger partial charge in [-0.3, -0.25) is 0 Å². The van der Waals surface area contributed by atoms with E-state index in [9.17, 15) is 0 Å². The molecule has 3 rings (SSSR count). The summed E-state index contributed by atoms with van der Waals surface area (Å²) in [7, 11) is 0. The van der Waals surface area contributed by atoms with Crippen LogP contribution in [0.3, 0.4) is 0 Å². The van der Waals surface area contributed by atoms with E-state index in [1.165, 1.54) is 5.56 Å². The van der Waals surface area contributed by atoms with E-state index < -0.39 is 0 Å². The molecule has 1 aromatic heterocycles. The van der Waals surface area contributed by atoms with Gasteiger partial charge in [-0.1, -0.05) is 29.4 Å². The van der Waals surface area contributed by atoms with Crippen molar-refractivity contribution in [1.82, 2.24) is 5.16 Å². The van der Waals surface area contributed by atoms with Crippen LogP contribution in [0.25, 0.3) is 11.3 Å². The average Bonchev–Trinajstić information content (AvgIpc) is 3.00. The van der Waals surface area contributed by atoms with E-state index in [-0.39, 0.29) is 6.10 Å². The van der Waals surface area contributed by atoms with Crippen LogP contribution in [-0.4, -0.2) is 11.8 Å². The molecular weight excluding hydrogens is 216 g/mol. The maximum absolute atomic E-state index is 5.63. The quantitative estimate of drug-likeness (QED) is 0.861. The summed E-state index contributed by atoms with van der Waals surface area (Å²) in [6.07, 6.45) is 2.50. The molecule has 0 amide bonds. The second kappa shape index (κ2) is 4.22. The Labute approximate surface area is 99.4 Å². The lowest BCUT2D eigenvalue weighted by Crippen LogP contribution is -1.94. The first-order valence-electron chi connectivity index (χ1n) is 5.77. The van der Waals surface area contributed by atoms with Gasteiger partial charge in [0.1, 0.15) is 0 Å². The zero-order valence-corrected chi connectivity index (χ0v) is 9.43. The Hall–Kier alpha value is -1.81. The maximum atomic E-state index is 5.63. The zero-order chi connectivity index (χ0) is 11.7. The standard InChI is InChI=1S/C13H14N2O2/c14-13-8-12(17-15-13)10-5-3-9(4-6-10)11-2-1-7-16-11/h3-6,8,11H,1-2,7H2,(H2,14,15). The van der Waals surface area contributed by atoms with E-state index in [0.29, 0.717) is 11.6 Å². The van der Waals surface area contributed by atoms with Gasteiger partial charge in [0.05, 0.1) is 6.10 Å². The Morgan fingerprint density at radius 2 is 2.06 bits per heavy atom. The van der Waals surface area contributed by atoms with Crippen LogP contribution in [0, 0.1) is 0 Å². The first-order chi connectivity index (χ1) is 8.33. The molecule has 17 heavy (non-hydrogen) atoms. The number of hydrogen-bond donors (Lipinski definition) is 1.